The van der Waals surface area contributed by atoms with Gasteiger partial charge in [0.15, 0.2) is 5.69 Å². The van der Waals surface area contributed by atoms with Gasteiger partial charge in [0.2, 0.25) is 0 Å². The number of hydrogen-bond donors (Lipinski definition) is 2. The van der Waals surface area contributed by atoms with Crippen molar-refractivity contribution in [1.82, 2.24) is 9.78 Å². The lowest BCUT2D eigenvalue weighted by atomic mass is 10.2. The van der Waals surface area contributed by atoms with E-state index in [0.717, 1.165) is 5.56 Å². The number of ether oxygens (including phenoxy) is 2. The van der Waals surface area contributed by atoms with Crippen molar-refractivity contribution in [3.63, 3.8) is 0 Å². The van der Waals surface area contributed by atoms with E-state index in [0.29, 0.717) is 18.0 Å². The van der Waals surface area contributed by atoms with Crippen LogP contribution in [0.5, 0.6) is 5.75 Å². The normalized spacial score (nSPS) is 12.2. The monoisotopic (exact) mass is 401 g/mol. The highest BCUT2D eigenvalue weighted by atomic mass is 19.3. The highest BCUT2D eigenvalue weighted by Gasteiger charge is 2.22. The Hall–Kier alpha value is -2.75. The van der Waals surface area contributed by atoms with Gasteiger partial charge in [-0.25, -0.2) is 18.0 Å². The summed E-state index contributed by atoms with van der Waals surface area (Å²) in [7, 11) is 1.56. The van der Waals surface area contributed by atoms with Crippen LogP contribution in [0.2, 0.25) is 0 Å². The predicted molar refractivity (Wildman–Crippen MR) is 96.2 cm³/mol. The minimum Gasteiger partial charge on any atom is -0.497 e. The highest BCUT2D eigenvalue weighted by molar-refractivity contribution is 5.92. The zero-order chi connectivity index (χ0) is 20.7. The second kappa shape index (κ2) is 9.98. The van der Waals surface area contributed by atoms with Crippen LogP contribution in [-0.4, -0.2) is 60.3 Å². The molecule has 0 bridgehead atoms. The number of alkyl halides is 3. The molecule has 28 heavy (non-hydrogen) atoms. The minimum atomic E-state index is -2.92. The van der Waals surface area contributed by atoms with Gasteiger partial charge in [-0.3, -0.25) is 4.68 Å². The Morgan fingerprint density at radius 3 is 2.54 bits per heavy atom. The summed E-state index contributed by atoms with van der Waals surface area (Å²) in [4.78, 5) is 11.5. The van der Waals surface area contributed by atoms with Crippen molar-refractivity contribution in [2.45, 2.75) is 26.0 Å². The van der Waals surface area contributed by atoms with E-state index in [-0.39, 0.29) is 24.5 Å². The molecule has 1 atom stereocenters. The van der Waals surface area contributed by atoms with Gasteiger partial charge in [0.05, 0.1) is 31.6 Å². The van der Waals surface area contributed by atoms with Gasteiger partial charge in [0.1, 0.15) is 18.5 Å². The van der Waals surface area contributed by atoms with Crippen molar-refractivity contribution >= 4 is 11.7 Å². The van der Waals surface area contributed by atoms with Gasteiger partial charge in [-0.15, -0.1) is 0 Å². The van der Waals surface area contributed by atoms with E-state index in [4.69, 9.17) is 9.47 Å². The molecule has 1 unspecified atom stereocenters. The molecule has 0 spiro atoms. The third kappa shape index (κ3) is 5.38. The molecular formula is C18H22F3N3O4. The van der Waals surface area contributed by atoms with Gasteiger partial charge < -0.3 is 19.9 Å². The molecule has 0 aliphatic heterocycles. The molecule has 7 nitrogen and oxygen atoms in total. The van der Waals surface area contributed by atoms with E-state index >= 15 is 0 Å². The molecule has 0 aliphatic carbocycles. The average Bonchev–Trinajstić information content (AvgIpc) is 2.98. The molecule has 2 N–H and O–H groups in total. The number of benzene rings is 1. The summed E-state index contributed by atoms with van der Waals surface area (Å²) in [6.07, 6.45) is -4.71. The van der Waals surface area contributed by atoms with Gasteiger partial charge >= 0.3 is 5.97 Å². The van der Waals surface area contributed by atoms with Crippen molar-refractivity contribution in [2.75, 3.05) is 32.3 Å². The Kier molecular flexibility index (Phi) is 7.68. The van der Waals surface area contributed by atoms with Crippen LogP contribution >= 0.6 is 0 Å². The van der Waals surface area contributed by atoms with Gasteiger partial charge in [-0.05, 0) is 24.6 Å². The number of hydrogen-bond acceptors (Lipinski definition) is 5. The van der Waals surface area contributed by atoms with E-state index in [2.05, 4.69) is 10.4 Å². The number of halogens is 3. The van der Waals surface area contributed by atoms with Crippen LogP contribution in [0, 0.1) is 6.92 Å². The Morgan fingerprint density at radius 2 is 2.00 bits per heavy atom. The molecule has 0 radical (unpaired) electrons. The number of rotatable bonds is 11. The van der Waals surface area contributed by atoms with Crippen molar-refractivity contribution in [1.29, 1.82) is 0 Å². The topological polar surface area (TPSA) is 85.6 Å². The fourth-order valence-electron chi connectivity index (χ4n) is 2.54. The van der Waals surface area contributed by atoms with E-state index in [1.54, 1.807) is 26.2 Å². The maximum absolute atomic E-state index is 12.5. The summed E-state index contributed by atoms with van der Waals surface area (Å²) in [5, 5.41) is 16.3. The number of nitrogens with zero attached hydrogens (tertiary/aromatic N) is 2. The Balaban J connectivity index is 2.08. The molecule has 154 valence electrons. The lowest BCUT2D eigenvalue weighted by molar-refractivity contribution is -0.0622. The van der Waals surface area contributed by atoms with Crippen LogP contribution in [-0.2, 0) is 11.3 Å². The largest absolute Gasteiger partial charge is 0.497 e. The summed E-state index contributed by atoms with van der Waals surface area (Å²) in [6, 6.07) is 7.24. The van der Waals surface area contributed by atoms with E-state index in [9.17, 15) is 23.1 Å². The summed E-state index contributed by atoms with van der Waals surface area (Å²) >= 11 is 0. The molecule has 0 amide bonds. The van der Waals surface area contributed by atoms with E-state index in [1.807, 2.05) is 12.1 Å². The molecule has 0 fully saturated rings. The highest BCUT2D eigenvalue weighted by Crippen LogP contribution is 2.22. The fourth-order valence-corrected chi connectivity index (χ4v) is 2.54. The number of nitrogens with one attached hydrogen (secondary N) is 1. The molecule has 1 aromatic carbocycles. The van der Waals surface area contributed by atoms with Crippen LogP contribution in [0.15, 0.2) is 24.3 Å². The lowest BCUT2D eigenvalue weighted by Gasteiger charge is -2.14. The average molecular weight is 401 g/mol. The van der Waals surface area contributed by atoms with E-state index in [1.165, 1.54) is 4.68 Å². The maximum Gasteiger partial charge on any atom is 0.358 e. The Morgan fingerprint density at radius 1 is 1.32 bits per heavy atom. The van der Waals surface area contributed by atoms with Gasteiger partial charge in [0.25, 0.3) is 6.43 Å². The first-order chi connectivity index (χ1) is 13.4. The number of aromatic nitrogens is 2. The standard InChI is InChI=1S/C18H22F3N3O4/c1-11-15(22-7-8-28-14(9-19)17(20)21)16(18(25)26)23-24(11)10-12-3-5-13(27-2)6-4-12/h3-6,14,17,22H,7-10H2,1-2H3,(H,25,26). The van der Waals surface area contributed by atoms with Gasteiger partial charge in [-0.1, -0.05) is 12.1 Å². The summed E-state index contributed by atoms with van der Waals surface area (Å²) in [5.41, 5.74) is 1.52. The number of carboxylic acid groups (broad SMARTS) is 1. The molecule has 2 aromatic rings. The molecular weight excluding hydrogens is 379 g/mol. The third-order valence-corrected chi connectivity index (χ3v) is 4.07. The first-order valence-corrected chi connectivity index (χ1v) is 8.50. The number of carbonyl (C=O) groups is 1. The zero-order valence-corrected chi connectivity index (χ0v) is 15.5. The van der Waals surface area contributed by atoms with Gasteiger partial charge in [-0.2, -0.15) is 5.10 Å². The maximum atomic E-state index is 12.5. The second-order valence-corrected chi connectivity index (χ2v) is 5.94. The summed E-state index contributed by atoms with van der Waals surface area (Å²) < 4.78 is 48.7. The first kappa shape index (κ1) is 21.5. The van der Waals surface area contributed by atoms with Crippen molar-refractivity contribution in [3.05, 3.63) is 41.2 Å². The van der Waals surface area contributed by atoms with Gasteiger partial charge in [0, 0.05) is 6.54 Å². The smallest absolute Gasteiger partial charge is 0.358 e. The first-order valence-electron chi connectivity index (χ1n) is 8.50. The Bertz CT molecular complexity index is 781. The zero-order valence-electron chi connectivity index (χ0n) is 15.5. The number of carboxylic acids is 1. The number of aromatic carboxylic acids is 1. The van der Waals surface area contributed by atoms with Crippen LogP contribution in [0.1, 0.15) is 21.7 Å². The molecule has 0 aliphatic rings. The van der Waals surface area contributed by atoms with Crippen LogP contribution in [0.3, 0.4) is 0 Å². The van der Waals surface area contributed by atoms with Crippen LogP contribution < -0.4 is 10.1 Å². The second-order valence-electron chi connectivity index (χ2n) is 5.94. The van der Waals surface area contributed by atoms with Crippen molar-refractivity contribution in [3.8, 4) is 5.75 Å². The molecule has 1 heterocycles. The van der Waals surface area contributed by atoms with E-state index < -0.39 is 25.2 Å². The quantitative estimate of drug-likeness (QED) is 0.563. The summed E-state index contributed by atoms with van der Waals surface area (Å²) in [5.74, 6) is -0.529. The fraction of sp³-hybridized carbons (Fsp3) is 0.444. The molecule has 2 rings (SSSR count). The summed E-state index contributed by atoms with van der Waals surface area (Å²) in [6.45, 7) is 0.551. The Labute approximate surface area is 160 Å². The number of methoxy groups -OCH3 is 1. The molecule has 10 heteroatoms. The van der Waals surface area contributed by atoms with Crippen LogP contribution in [0.4, 0.5) is 18.9 Å². The van der Waals surface area contributed by atoms with Crippen molar-refractivity contribution < 1.29 is 32.5 Å². The molecule has 1 aromatic heterocycles. The third-order valence-electron chi connectivity index (χ3n) is 4.07. The SMILES string of the molecule is COc1ccc(Cn2nc(C(=O)O)c(NCCOC(CF)C(F)F)c2C)cc1. The van der Waals surface area contributed by atoms with Crippen LogP contribution in [0.25, 0.3) is 0 Å². The molecule has 0 saturated carbocycles. The minimum absolute atomic E-state index is 0.0264. The lowest BCUT2D eigenvalue weighted by Crippen LogP contribution is -2.27. The molecule has 0 saturated heterocycles. The van der Waals surface area contributed by atoms with Crippen molar-refractivity contribution in [2.24, 2.45) is 0 Å². The predicted octanol–water partition coefficient (Wildman–Crippen LogP) is 2.98. The number of anilines is 1.